The van der Waals surface area contributed by atoms with E-state index in [0.29, 0.717) is 18.1 Å². The standard InChI is InChI=1S/C21H25N3O2S/c1-15(26-17-9-7-16(8-10-17)21(2,3)4)20(25)23-19-11-12-22-24(19)14-18-6-5-13-27-18/h5-13,15H,14H2,1-4H3,(H,23,25)/t15-/m0/s1. The molecule has 0 spiro atoms. The first-order chi connectivity index (χ1) is 12.8. The first-order valence-corrected chi connectivity index (χ1v) is 9.83. The maximum absolute atomic E-state index is 12.5. The second-order valence-corrected chi connectivity index (χ2v) is 8.51. The van der Waals surface area contributed by atoms with Crippen molar-refractivity contribution in [2.45, 2.75) is 45.8 Å². The summed E-state index contributed by atoms with van der Waals surface area (Å²) < 4.78 is 7.57. The molecule has 27 heavy (non-hydrogen) atoms. The molecule has 5 nitrogen and oxygen atoms in total. The number of anilines is 1. The van der Waals surface area contributed by atoms with Gasteiger partial charge in [0.15, 0.2) is 6.10 Å². The van der Waals surface area contributed by atoms with Crippen molar-refractivity contribution in [3.05, 3.63) is 64.5 Å². The van der Waals surface area contributed by atoms with E-state index >= 15 is 0 Å². The van der Waals surface area contributed by atoms with Crippen LogP contribution in [0.25, 0.3) is 0 Å². The lowest BCUT2D eigenvalue weighted by Crippen LogP contribution is -2.31. The van der Waals surface area contributed by atoms with Gasteiger partial charge in [0.25, 0.3) is 5.91 Å². The number of nitrogens with zero attached hydrogens (tertiary/aromatic N) is 2. The fourth-order valence-corrected chi connectivity index (χ4v) is 3.32. The van der Waals surface area contributed by atoms with Crippen LogP contribution in [-0.4, -0.2) is 21.8 Å². The Morgan fingerprint density at radius 3 is 2.59 bits per heavy atom. The Bertz CT molecular complexity index is 877. The third kappa shape index (κ3) is 4.98. The molecule has 0 aliphatic carbocycles. The van der Waals surface area contributed by atoms with Gasteiger partial charge in [-0.2, -0.15) is 5.10 Å². The van der Waals surface area contributed by atoms with Crippen LogP contribution in [0.3, 0.4) is 0 Å². The van der Waals surface area contributed by atoms with Crippen molar-refractivity contribution in [2.75, 3.05) is 5.32 Å². The average molecular weight is 384 g/mol. The summed E-state index contributed by atoms with van der Waals surface area (Å²) >= 11 is 1.66. The van der Waals surface area contributed by atoms with Crippen molar-refractivity contribution in [3.63, 3.8) is 0 Å². The van der Waals surface area contributed by atoms with Crippen LogP contribution in [0, 0.1) is 0 Å². The third-order valence-electron chi connectivity index (χ3n) is 4.26. The molecule has 0 aliphatic rings. The van der Waals surface area contributed by atoms with Gasteiger partial charge in [-0.3, -0.25) is 4.79 Å². The molecule has 0 aliphatic heterocycles. The quantitative estimate of drug-likeness (QED) is 0.671. The van der Waals surface area contributed by atoms with E-state index in [0.717, 1.165) is 0 Å². The number of carbonyl (C=O) groups is 1. The molecule has 0 saturated carbocycles. The van der Waals surface area contributed by atoms with Crippen molar-refractivity contribution in [3.8, 4) is 5.75 Å². The zero-order valence-corrected chi connectivity index (χ0v) is 16.9. The number of benzene rings is 1. The Kier molecular flexibility index (Phi) is 5.65. The number of nitrogens with one attached hydrogen (secondary N) is 1. The minimum absolute atomic E-state index is 0.0858. The van der Waals surface area contributed by atoms with E-state index in [1.807, 2.05) is 41.8 Å². The van der Waals surface area contributed by atoms with Crippen LogP contribution in [0.2, 0.25) is 0 Å². The van der Waals surface area contributed by atoms with Crippen LogP contribution in [-0.2, 0) is 16.8 Å². The van der Waals surface area contributed by atoms with Gasteiger partial charge in [0.2, 0.25) is 0 Å². The highest BCUT2D eigenvalue weighted by molar-refractivity contribution is 7.09. The fraction of sp³-hybridized carbons (Fsp3) is 0.333. The topological polar surface area (TPSA) is 56.1 Å². The van der Waals surface area contributed by atoms with Crippen LogP contribution in [0.1, 0.15) is 38.1 Å². The zero-order valence-electron chi connectivity index (χ0n) is 16.1. The molecular formula is C21H25N3O2S. The lowest BCUT2D eigenvalue weighted by Gasteiger charge is -2.20. The van der Waals surface area contributed by atoms with E-state index in [1.165, 1.54) is 10.4 Å². The normalized spacial score (nSPS) is 12.6. The summed E-state index contributed by atoms with van der Waals surface area (Å²) in [6.07, 6.45) is 1.07. The molecule has 3 aromatic rings. The van der Waals surface area contributed by atoms with Gasteiger partial charge in [-0.1, -0.05) is 39.0 Å². The maximum Gasteiger partial charge on any atom is 0.266 e. The maximum atomic E-state index is 12.5. The second-order valence-electron chi connectivity index (χ2n) is 7.48. The van der Waals surface area contributed by atoms with Gasteiger partial charge in [0.1, 0.15) is 11.6 Å². The van der Waals surface area contributed by atoms with E-state index in [4.69, 9.17) is 4.74 Å². The summed E-state index contributed by atoms with van der Waals surface area (Å²) in [5.41, 5.74) is 1.31. The number of hydrogen-bond donors (Lipinski definition) is 1. The van der Waals surface area contributed by atoms with E-state index in [-0.39, 0.29) is 11.3 Å². The Balaban J connectivity index is 1.61. The number of aromatic nitrogens is 2. The molecule has 6 heteroatoms. The monoisotopic (exact) mass is 383 g/mol. The molecule has 2 heterocycles. The van der Waals surface area contributed by atoms with Crippen LogP contribution in [0.4, 0.5) is 5.82 Å². The van der Waals surface area contributed by atoms with Crippen LogP contribution in [0.5, 0.6) is 5.75 Å². The summed E-state index contributed by atoms with van der Waals surface area (Å²) in [6, 6.07) is 13.7. The smallest absolute Gasteiger partial charge is 0.266 e. The molecule has 1 aromatic carbocycles. The first-order valence-electron chi connectivity index (χ1n) is 8.95. The van der Waals surface area contributed by atoms with Gasteiger partial charge >= 0.3 is 0 Å². The largest absolute Gasteiger partial charge is 0.481 e. The molecule has 2 aromatic heterocycles. The minimum Gasteiger partial charge on any atom is -0.481 e. The summed E-state index contributed by atoms with van der Waals surface area (Å²) in [4.78, 5) is 13.7. The van der Waals surface area contributed by atoms with Gasteiger partial charge in [0.05, 0.1) is 12.7 Å². The molecule has 0 unspecified atom stereocenters. The highest BCUT2D eigenvalue weighted by Crippen LogP contribution is 2.24. The number of hydrogen-bond acceptors (Lipinski definition) is 4. The molecule has 1 amide bonds. The summed E-state index contributed by atoms with van der Waals surface area (Å²) in [6.45, 7) is 8.87. The molecule has 1 N–H and O–H groups in total. The second kappa shape index (κ2) is 7.96. The fourth-order valence-electron chi connectivity index (χ4n) is 2.63. The van der Waals surface area contributed by atoms with Crippen molar-refractivity contribution in [2.24, 2.45) is 0 Å². The predicted molar refractivity (Wildman–Crippen MR) is 110 cm³/mol. The minimum atomic E-state index is -0.615. The molecule has 0 bridgehead atoms. The number of carbonyl (C=O) groups excluding carboxylic acids is 1. The average Bonchev–Trinajstić information content (AvgIpc) is 3.27. The molecule has 0 fully saturated rings. The van der Waals surface area contributed by atoms with Gasteiger partial charge < -0.3 is 10.1 Å². The molecule has 0 saturated heterocycles. The summed E-state index contributed by atoms with van der Waals surface area (Å²) in [7, 11) is 0. The molecule has 3 rings (SSSR count). The number of rotatable bonds is 6. The third-order valence-corrected chi connectivity index (χ3v) is 5.12. The molecule has 142 valence electrons. The van der Waals surface area contributed by atoms with E-state index in [9.17, 15) is 4.79 Å². The Hall–Kier alpha value is -2.60. The van der Waals surface area contributed by atoms with Gasteiger partial charge in [-0.15, -0.1) is 11.3 Å². The van der Waals surface area contributed by atoms with Crippen molar-refractivity contribution >= 4 is 23.1 Å². The summed E-state index contributed by atoms with van der Waals surface area (Å²) in [5.74, 6) is 1.13. The van der Waals surface area contributed by atoms with Crippen molar-refractivity contribution in [1.29, 1.82) is 0 Å². The van der Waals surface area contributed by atoms with Gasteiger partial charge in [0, 0.05) is 10.9 Å². The number of thiophene rings is 1. The molecule has 0 radical (unpaired) electrons. The zero-order chi connectivity index (χ0) is 19.4. The molecular weight excluding hydrogens is 358 g/mol. The van der Waals surface area contributed by atoms with Crippen LogP contribution >= 0.6 is 11.3 Å². The highest BCUT2D eigenvalue weighted by atomic mass is 32.1. The van der Waals surface area contributed by atoms with Gasteiger partial charge in [-0.05, 0) is 41.5 Å². The van der Waals surface area contributed by atoms with E-state index < -0.39 is 6.10 Å². The predicted octanol–water partition coefficient (Wildman–Crippen LogP) is 4.70. The van der Waals surface area contributed by atoms with E-state index in [1.54, 1.807) is 35.2 Å². The van der Waals surface area contributed by atoms with E-state index in [2.05, 4.69) is 31.2 Å². The van der Waals surface area contributed by atoms with Crippen LogP contribution < -0.4 is 10.1 Å². The lowest BCUT2D eigenvalue weighted by atomic mass is 9.87. The van der Waals surface area contributed by atoms with Gasteiger partial charge in [-0.25, -0.2) is 4.68 Å². The number of ether oxygens (including phenoxy) is 1. The Morgan fingerprint density at radius 2 is 1.96 bits per heavy atom. The summed E-state index contributed by atoms with van der Waals surface area (Å²) in [5, 5.41) is 9.21. The Labute approximate surface area is 164 Å². The first kappa shape index (κ1) is 19.2. The highest BCUT2D eigenvalue weighted by Gasteiger charge is 2.18. The Morgan fingerprint density at radius 1 is 1.22 bits per heavy atom. The lowest BCUT2D eigenvalue weighted by molar-refractivity contribution is -0.122. The van der Waals surface area contributed by atoms with Crippen molar-refractivity contribution in [1.82, 2.24) is 9.78 Å². The van der Waals surface area contributed by atoms with Crippen LogP contribution in [0.15, 0.2) is 54.0 Å². The molecule has 1 atom stereocenters. The number of amides is 1. The van der Waals surface area contributed by atoms with Crippen molar-refractivity contribution < 1.29 is 9.53 Å². The SMILES string of the molecule is C[C@H](Oc1ccc(C(C)(C)C)cc1)C(=O)Nc1ccnn1Cc1cccs1.